The molecule has 2 nitrogen and oxygen atoms in total. The summed E-state index contributed by atoms with van der Waals surface area (Å²) in [5.41, 5.74) is 0. The fraction of sp³-hybridized carbons (Fsp3) is 0.900. The molecule has 1 aliphatic heterocycles. The zero-order chi connectivity index (χ0) is 8.97. The number of rotatable bonds is 3. The molecule has 0 aromatic heterocycles. The largest absolute Gasteiger partial charge is 0.288 e. The summed E-state index contributed by atoms with van der Waals surface area (Å²) in [6.45, 7) is 6.70. The second-order valence-corrected chi connectivity index (χ2v) is 3.80. The Morgan fingerprint density at radius 2 is 2.42 bits per heavy atom. The molecule has 0 N–H and O–H groups in total. The highest BCUT2D eigenvalue weighted by Crippen LogP contribution is 2.18. The molecule has 1 heterocycles. The first-order valence-electron chi connectivity index (χ1n) is 4.91. The minimum Gasteiger partial charge on any atom is -0.288 e. The SMILES string of the molecule is CCC(C)CN1CCCC1C#N. The van der Waals surface area contributed by atoms with Gasteiger partial charge in [0.05, 0.1) is 12.1 Å². The molecule has 0 saturated carbocycles. The number of hydrogen-bond donors (Lipinski definition) is 0. The van der Waals surface area contributed by atoms with Gasteiger partial charge in [-0.05, 0) is 25.3 Å². The molecule has 2 atom stereocenters. The van der Waals surface area contributed by atoms with Crippen LogP contribution in [0.3, 0.4) is 0 Å². The van der Waals surface area contributed by atoms with Crippen molar-refractivity contribution in [3.05, 3.63) is 0 Å². The summed E-state index contributed by atoms with van der Waals surface area (Å²) in [6.07, 6.45) is 3.50. The van der Waals surface area contributed by atoms with Crippen molar-refractivity contribution in [2.45, 2.75) is 39.2 Å². The second kappa shape index (κ2) is 4.47. The normalized spacial score (nSPS) is 26.9. The minimum atomic E-state index is 0.207. The van der Waals surface area contributed by atoms with E-state index in [-0.39, 0.29) is 6.04 Å². The van der Waals surface area contributed by atoms with Crippen molar-refractivity contribution in [3.63, 3.8) is 0 Å². The van der Waals surface area contributed by atoms with Gasteiger partial charge in [0.15, 0.2) is 0 Å². The number of nitriles is 1. The van der Waals surface area contributed by atoms with Gasteiger partial charge in [0.1, 0.15) is 0 Å². The fourth-order valence-electron chi connectivity index (χ4n) is 1.72. The van der Waals surface area contributed by atoms with E-state index in [1.54, 1.807) is 0 Å². The van der Waals surface area contributed by atoms with E-state index in [9.17, 15) is 0 Å². The van der Waals surface area contributed by atoms with E-state index >= 15 is 0 Å². The maximum atomic E-state index is 8.83. The summed E-state index contributed by atoms with van der Waals surface area (Å²) in [7, 11) is 0. The molecule has 1 aliphatic rings. The van der Waals surface area contributed by atoms with Gasteiger partial charge in [-0.3, -0.25) is 4.90 Å². The van der Waals surface area contributed by atoms with Crippen molar-refractivity contribution in [2.24, 2.45) is 5.92 Å². The van der Waals surface area contributed by atoms with Gasteiger partial charge in [0.25, 0.3) is 0 Å². The van der Waals surface area contributed by atoms with Gasteiger partial charge in [0, 0.05) is 6.54 Å². The van der Waals surface area contributed by atoms with Crippen LogP contribution in [0.25, 0.3) is 0 Å². The molecule has 0 amide bonds. The molecule has 0 aromatic rings. The lowest BCUT2D eigenvalue weighted by molar-refractivity contribution is 0.250. The highest BCUT2D eigenvalue weighted by atomic mass is 15.2. The van der Waals surface area contributed by atoms with Crippen LogP contribution in [0.15, 0.2) is 0 Å². The fourth-order valence-corrected chi connectivity index (χ4v) is 1.72. The van der Waals surface area contributed by atoms with Crippen LogP contribution in [-0.2, 0) is 0 Å². The maximum Gasteiger partial charge on any atom is 0.0978 e. The summed E-state index contributed by atoms with van der Waals surface area (Å²) >= 11 is 0. The second-order valence-electron chi connectivity index (χ2n) is 3.80. The molecular formula is C10H18N2. The minimum absolute atomic E-state index is 0.207. The molecule has 0 spiro atoms. The van der Waals surface area contributed by atoms with Gasteiger partial charge in [-0.25, -0.2) is 0 Å². The summed E-state index contributed by atoms with van der Waals surface area (Å²) in [5, 5.41) is 8.83. The summed E-state index contributed by atoms with van der Waals surface area (Å²) in [4.78, 5) is 2.33. The predicted molar refractivity (Wildman–Crippen MR) is 49.7 cm³/mol. The van der Waals surface area contributed by atoms with E-state index in [0.29, 0.717) is 0 Å². The van der Waals surface area contributed by atoms with E-state index in [4.69, 9.17) is 5.26 Å². The molecule has 1 fully saturated rings. The molecule has 12 heavy (non-hydrogen) atoms. The Hall–Kier alpha value is -0.550. The van der Waals surface area contributed by atoms with Gasteiger partial charge >= 0.3 is 0 Å². The number of hydrogen-bond acceptors (Lipinski definition) is 2. The summed E-state index contributed by atoms with van der Waals surface area (Å²) in [5.74, 6) is 0.735. The van der Waals surface area contributed by atoms with Crippen molar-refractivity contribution >= 4 is 0 Å². The van der Waals surface area contributed by atoms with E-state index < -0.39 is 0 Å². The van der Waals surface area contributed by atoms with Crippen LogP contribution in [0.4, 0.5) is 0 Å². The van der Waals surface area contributed by atoms with E-state index in [1.165, 1.54) is 12.8 Å². The Bertz CT molecular complexity index is 171. The molecular weight excluding hydrogens is 148 g/mol. The van der Waals surface area contributed by atoms with Crippen LogP contribution in [0.2, 0.25) is 0 Å². The van der Waals surface area contributed by atoms with Crippen LogP contribution in [0.5, 0.6) is 0 Å². The van der Waals surface area contributed by atoms with Gasteiger partial charge < -0.3 is 0 Å². The van der Waals surface area contributed by atoms with Crippen molar-refractivity contribution < 1.29 is 0 Å². The lowest BCUT2D eigenvalue weighted by Crippen LogP contribution is -2.32. The monoisotopic (exact) mass is 166 g/mol. The highest BCUT2D eigenvalue weighted by Gasteiger charge is 2.24. The third-order valence-electron chi connectivity index (χ3n) is 2.76. The smallest absolute Gasteiger partial charge is 0.0978 e. The van der Waals surface area contributed by atoms with E-state index in [1.807, 2.05) is 0 Å². The molecule has 0 radical (unpaired) electrons. The lowest BCUT2D eigenvalue weighted by Gasteiger charge is -2.22. The lowest BCUT2D eigenvalue weighted by atomic mass is 10.1. The van der Waals surface area contributed by atoms with Crippen molar-refractivity contribution in [1.29, 1.82) is 5.26 Å². The third-order valence-corrected chi connectivity index (χ3v) is 2.76. The van der Waals surface area contributed by atoms with Gasteiger partial charge in [-0.15, -0.1) is 0 Å². The van der Waals surface area contributed by atoms with Crippen LogP contribution in [0, 0.1) is 17.2 Å². The quantitative estimate of drug-likeness (QED) is 0.641. The average Bonchev–Trinajstić information content (AvgIpc) is 2.51. The Morgan fingerprint density at radius 1 is 1.67 bits per heavy atom. The van der Waals surface area contributed by atoms with Crippen LogP contribution >= 0.6 is 0 Å². The zero-order valence-corrected chi connectivity index (χ0v) is 8.08. The third kappa shape index (κ3) is 2.22. The molecule has 0 bridgehead atoms. The van der Waals surface area contributed by atoms with Crippen LogP contribution < -0.4 is 0 Å². The molecule has 2 unspecified atom stereocenters. The maximum absolute atomic E-state index is 8.83. The first kappa shape index (κ1) is 9.54. The number of likely N-dealkylation sites (tertiary alicyclic amines) is 1. The predicted octanol–water partition coefficient (Wildman–Crippen LogP) is 2.02. The highest BCUT2D eigenvalue weighted by molar-refractivity contribution is 4.95. The molecule has 68 valence electrons. The molecule has 0 aliphatic carbocycles. The van der Waals surface area contributed by atoms with Gasteiger partial charge in [-0.1, -0.05) is 20.3 Å². The molecule has 1 rings (SSSR count). The van der Waals surface area contributed by atoms with Crippen LogP contribution in [0.1, 0.15) is 33.1 Å². The standard InChI is InChI=1S/C10H18N2/c1-3-9(2)8-12-6-4-5-10(12)7-11/h9-10H,3-6,8H2,1-2H3. The van der Waals surface area contributed by atoms with E-state index in [0.717, 1.165) is 25.4 Å². The van der Waals surface area contributed by atoms with E-state index in [2.05, 4.69) is 24.8 Å². The first-order valence-corrected chi connectivity index (χ1v) is 4.91. The molecule has 1 saturated heterocycles. The zero-order valence-electron chi connectivity index (χ0n) is 8.08. The van der Waals surface area contributed by atoms with Gasteiger partial charge in [0.2, 0.25) is 0 Å². The summed E-state index contributed by atoms with van der Waals surface area (Å²) < 4.78 is 0. The van der Waals surface area contributed by atoms with Crippen molar-refractivity contribution in [3.8, 4) is 6.07 Å². The van der Waals surface area contributed by atoms with Crippen molar-refractivity contribution in [2.75, 3.05) is 13.1 Å². The molecule has 2 heteroatoms. The Labute approximate surface area is 75.2 Å². The Kier molecular flexibility index (Phi) is 3.55. The number of nitrogens with zero attached hydrogens (tertiary/aromatic N) is 2. The summed E-state index contributed by atoms with van der Waals surface area (Å²) in [6, 6.07) is 2.58. The Morgan fingerprint density at radius 3 is 3.00 bits per heavy atom. The Balaban J connectivity index is 2.36. The average molecular weight is 166 g/mol. The molecule has 0 aromatic carbocycles. The van der Waals surface area contributed by atoms with Crippen LogP contribution in [-0.4, -0.2) is 24.0 Å². The first-order chi connectivity index (χ1) is 5.77. The van der Waals surface area contributed by atoms with Gasteiger partial charge in [-0.2, -0.15) is 5.26 Å². The topological polar surface area (TPSA) is 27.0 Å². The van der Waals surface area contributed by atoms with Crippen molar-refractivity contribution in [1.82, 2.24) is 4.90 Å².